The molecule has 0 amide bonds. The van der Waals surface area contributed by atoms with Crippen molar-refractivity contribution in [2.24, 2.45) is 35.5 Å². The Balaban J connectivity index is 1.21. The molecule has 3 aliphatic heterocycles. The molecule has 52 heavy (non-hydrogen) atoms. The number of ether oxygens (including phenoxy) is 4. The largest absolute Gasteiger partial charge is 0.394 e. The lowest BCUT2D eigenvalue weighted by molar-refractivity contribution is -0.340. The number of fused-ring (bicyclic) bond motifs is 2. The predicted molar refractivity (Wildman–Crippen MR) is 176 cm³/mol. The minimum Gasteiger partial charge on any atom is -0.394 e. The Morgan fingerprint density at radius 1 is 0.462 bits per heavy atom. The Labute approximate surface area is 302 Å². The van der Waals surface area contributed by atoms with E-state index < -0.39 is 140 Å². The summed E-state index contributed by atoms with van der Waals surface area (Å²) in [5, 5.41) is 130. The van der Waals surface area contributed by atoms with Crippen LogP contribution in [0.25, 0.3) is 0 Å². The molecule has 7 rings (SSSR count). The smallest absolute Gasteiger partial charge is 0.187 e. The molecule has 22 atom stereocenters. The number of hydrogen-bond donors (Lipinski definition) is 12. The molecule has 300 valence electrons. The van der Waals surface area contributed by atoms with Gasteiger partial charge in [0.25, 0.3) is 0 Å². The normalized spacial score (nSPS) is 57.5. The van der Waals surface area contributed by atoms with Gasteiger partial charge in [0.2, 0.25) is 0 Å². The molecule has 16 heteroatoms. The summed E-state index contributed by atoms with van der Waals surface area (Å²) in [6.07, 6.45) is -15.8. The summed E-state index contributed by atoms with van der Waals surface area (Å²) in [5.74, 6) is -3.47. The molecule has 4 aliphatic carbocycles. The zero-order valence-electron chi connectivity index (χ0n) is 29.3. The second-order valence-corrected chi connectivity index (χ2v) is 17.0. The summed E-state index contributed by atoms with van der Waals surface area (Å²) in [4.78, 5) is 0. The van der Waals surface area contributed by atoms with Gasteiger partial charge in [-0.3, -0.25) is 0 Å². The Kier molecular flexibility index (Phi) is 12.2. The molecule has 16 nitrogen and oxygen atoms in total. The Morgan fingerprint density at radius 2 is 1.15 bits per heavy atom. The van der Waals surface area contributed by atoms with Crippen molar-refractivity contribution in [1.29, 1.82) is 0 Å². The topological polar surface area (TPSA) is 280 Å². The summed E-state index contributed by atoms with van der Waals surface area (Å²) >= 11 is 0. The average Bonchev–Trinajstić information content (AvgIpc) is 3.10. The van der Waals surface area contributed by atoms with Crippen LogP contribution in [0.4, 0.5) is 0 Å². The van der Waals surface area contributed by atoms with Crippen molar-refractivity contribution in [2.45, 2.75) is 181 Å². The monoisotopic (exact) mass is 748 g/mol. The molecule has 12 N–H and O–H groups in total. The van der Waals surface area contributed by atoms with Crippen LogP contribution in [0, 0.1) is 35.5 Å². The van der Waals surface area contributed by atoms with E-state index in [1.54, 1.807) is 0 Å². The van der Waals surface area contributed by atoms with E-state index in [0.717, 1.165) is 0 Å². The average molecular weight is 749 g/mol. The van der Waals surface area contributed by atoms with Gasteiger partial charge in [-0.2, -0.15) is 0 Å². The lowest BCUT2D eigenvalue weighted by Crippen LogP contribution is -2.68. The van der Waals surface area contributed by atoms with Crippen LogP contribution in [-0.4, -0.2) is 178 Å². The molecular weight excluding hydrogens is 688 g/mol. The quantitative estimate of drug-likeness (QED) is 0.126. The van der Waals surface area contributed by atoms with Crippen molar-refractivity contribution in [3.05, 3.63) is 0 Å². The van der Waals surface area contributed by atoms with Crippen molar-refractivity contribution < 1.29 is 80.2 Å². The second-order valence-electron chi connectivity index (χ2n) is 17.0. The number of aliphatic hydroxyl groups excluding tert-OH is 12. The fraction of sp³-hybridized carbons (Fsp3) is 1.00. The number of rotatable bonds is 6. The van der Waals surface area contributed by atoms with E-state index >= 15 is 0 Å². The zero-order chi connectivity index (χ0) is 37.2. The molecule has 7 aliphatic rings. The molecule has 0 aromatic rings. The Bertz CT molecular complexity index is 1170. The fourth-order valence-electron chi connectivity index (χ4n) is 11.2. The first-order chi connectivity index (χ1) is 24.8. The van der Waals surface area contributed by atoms with Crippen LogP contribution < -0.4 is 0 Å². The minimum absolute atomic E-state index is 0.0508. The van der Waals surface area contributed by atoms with E-state index in [2.05, 4.69) is 0 Å². The lowest BCUT2D eigenvalue weighted by Gasteiger charge is -2.59. The van der Waals surface area contributed by atoms with E-state index in [-0.39, 0.29) is 43.9 Å². The van der Waals surface area contributed by atoms with Crippen molar-refractivity contribution in [3.8, 4) is 0 Å². The zero-order valence-corrected chi connectivity index (χ0v) is 29.3. The minimum atomic E-state index is -1.67. The lowest BCUT2D eigenvalue weighted by atomic mass is 9.57. The van der Waals surface area contributed by atoms with Crippen LogP contribution in [0.2, 0.25) is 0 Å². The molecule has 15 unspecified atom stereocenters. The summed E-state index contributed by atoms with van der Waals surface area (Å²) in [5.41, 5.74) is 0. The van der Waals surface area contributed by atoms with E-state index in [9.17, 15) is 61.3 Å². The molecule has 3 heterocycles. The maximum atomic E-state index is 12.3. The molecular formula is C36H60O16. The molecule has 7 fully saturated rings. The molecule has 0 aromatic heterocycles. The second kappa shape index (κ2) is 16.1. The first kappa shape index (κ1) is 39.6. The van der Waals surface area contributed by atoms with Crippen LogP contribution in [0.1, 0.15) is 70.6 Å². The van der Waals surface area contributed by atoms with Gasteiger partial charge in [0, 0.05) is 23.7 Å². The highest BCUT2D eigenvalue weighted by molar-refractivity contribution is 5.10. The first-order valence-electron chi connectivity index (χ1n) is 19.5. The van der Waals surface area contributed by atoms with Crippen molar-refractivity contribution >= 4 is 0 Å². The molecule has 0 radical (unpaired) electrons. The summed E-state index contributed by atoms with van der Waals surface area (Å²) in [6, 6.07) is 0. The highest BCUT2D eigenvalue weighted by Gasteiger charge is 2.62. The fourth-order valence-corrected chi connectivity index (χ4v) is 11.2. The third-order valence-electron chi connectivity index (χ3n) is 13.9. The van der Waals surface area contributed by atoms with Crippen LogP contribution >= 0.6 is 0 Å². The molecule has 0 aromatic carbocycles. The third-order valence-corrected chi connectivity index (χ3v) is 13.9. The van der Waals surface area contributed by atoms with E-state index in [0.29, 0.717) is 38.5 Å². The first-order valence-corrected chi connectivity index (χ1v) is 19.5. The Hall–Kier alpha value is -0.640. The summed E-state index contributed by atoms with van der Waals surface area (Å²) in [6.45, 7) is -0.640. The van der Waals surface area contributed by atoms with Crippen molar-refractivity contribution in [3.63, 3.8) is 0 Å². The molecule has 0 spiro atoms. The van der Waals surface area contributed by atoms with Crippen molar-refractivity contribution in [2.75, 3.05) is 6.61 Å². The molecule has 4 saturated carbocycles. The Morgan fingerprint density at radius 3 is 1.85 bits per heavy atom. The van der Waals surface area contributed by atoms with Gasteiger partial charge in [-0.15, -0.1) is 0 Å². The van der Waals surface area contributed by atoms with Crippen LogP contribution in [0.15, 0.2) is 0 Å². The maximum Gasteiger partial charge on any atom is 0.187 e. The predicted octanol–water partition coefficient (Wildman–Crippen LogP) is -3.36. The maximum absolute atomic E-state index is 12.3. The molecule has 3 saturated heterocycles. The highest BCUT2D eigenvalue weighted by atomic mass is 16.7. The highest BCUT2D eigenvalue weighted by Crippen LogP contribution is 2.54. The number of aliphatic hydroxyl groups is 12. The molecule has 0 bridgehead atoms. The van der Waals surface area contributed by atoms with Gasteiger partial charge in [0.05, 0.1) is 86.0 Å². The van der Waals surface area contributed by atoms with Gasteiger partial charge < -0.3 is 80.2 Å². The van der Waals surface area contributed by atoms with E-state index in [1.165, 1.54) is 0 Å². The van der Waals surface area contributed by atoms with Crippen LogP contribution in [0.5, 0.6) is 0 Å². The van der Waals surface area contributed by atoms with Gasteiger partial charge in [-0.05, 0) is 82.5 Å². The third kappa shape index (κ3) is 7.46. The van der Waals surface area contributed by atoms with Gasteiger partial charge in [-0.1, -0.05) is 0 Å². The summed E-state index contributed by atoms with van der Waals surface area (Å²) in [7, 11) is 0. The van der Waals surface area contributed by atoms with E-state index in [4.69, 9.17) is 18.9 Å². The van der Waals surface area contributed by atoms with Crippen molar-refractivity contribution in [1.82, 2.24) is 0 Å². The standard InChI is InChI=1S/C36H60O16/c37-12-25-29(45)31(47)32(48)36(51-25)50-24-10-17-19(41)11-22(44)27(35(17)52-33(24)13-1-4-15(38)5-2-13)28-26-21(43)8-16(39)9-23(26)49-34(30(28)46)14-3-6-18(40)20(42)7-14/h13-48H,1-12H2/t13?,14?,15?,16?,17?,18?,19?,20?,21?,22?,23?,24?,25-,26?,27?,28?,29-,30+,31+,32-,33?,34-,35?,36-/m1/s1. The van der Waals surface area contributed by atoms with Crippen LogP contribution in [0.3, 0.4) is 0 Å². The van der Waals surface area contributed by atoms with Crippen LogP contribution in [-0.2, 0) is 18.9 Å². The van der Waals surface area contributed by atoms with E-state index in [1.807, 2.05) is 0 Å². The van der Waals surface area contributed by atoms with Gasteiger partial charge in [-0.25, -0.2) is 0 Å². The van der Waals surface area contributed by atoms with Gasteiger partial charge in [0.1, 0.15) is 24.4 Å². The number of hydrogen-bond acceptors (Lipinski definition) is 16. The summed E-state index contributed by atoms with van der Waals surface area (Å²) < 4.78 is 25.5. The SMILES string of the molecule is OC[C@H]1O[C@@H](OC2CC3C(O)CC(O)C(C4C5C(O)CC(O)CC5O[C@H](C5CCC(O)C(O)C5)[C@H]4O)C3OC2C2CCC(O)CC2)[C@H](O)[C@@H](O)[C@@H]1O. The van der Waals surface area contributed by atoms with Gasteiger partial charge in [0.15, 0.2) is 6.29 Å². The van der Waals surface area contributed by atoms with Gasteiger partial charge >= 0.3 is 0 Å².